The second kappa shape index (κ2) is 8.30. The summed E-state index contributed by atoms with van der Waals surface area (Å²) in [7, 11) is 0. The molecular weight excluding hydrogens is 278 g/mol. The molecule has 0 amide bonds. The van der Waals surface area contributed by atoms with Gasteiger partial charge in [0.2, 0.25) is 0 Å². The Hall–Kier alpha value is 0.126. The summed E-state index contributed by atoms with van der Waals surface area (Å²) in [6.45, 7) is 4.42. The number of hydrogen-bond donors (Lipinski definition) is 0. The third-order valence-electron chi connectivity index (χ3n) is 1.40. The molecule has 15 heavy (non-hydrogen) atoms. The molecule has 1 nitrogen and oxygen atoms in total. The SMILES string of the molecule is CC(C)COc1[c-]cc(F)c(F)c1.[Br-].[Mg+2]. The topological polar surface area (TPSA) is 9.23 Å². The fraction of sp³-hybridized carbons (Fsp3) is 0.400. The van der Waals surface area contributed by atoms with Crippen LogP contribution in [-0.2, 0) is 0 Å². The zero-order valence-electron chi connectivity index (χ0n) is 8.69. The fourth-order valence-corrected chi connectivity index (χ4v) is 0.769. The molecular formula is C10H11BrF2MgO. The van der Waals surface area contributed by atoms with E-state index in [2.05, 4.69) is 6.07 Å². The number of ether oxygens (including phenoxy) is 1. The number of halogens is 3. The molecule has 80 valence electrons. The van der Waals surface area contributed by atoms with Crippen molar-refractivity contribution in [1.82, 2.24) is 0 Å². The average molecular weight is 289 g/mol. The van der Waals surface area contributed by atoms with Gasteiger partial charge in [0.05, 0.1) is 12.4 Å². The Labute approximate surface area is 115 Å². The van der Waals surface area contributed by atoms with Crippen molar-refractivity contribution in [2.75, 3.05) is 6.61 Å². The van der Waals surface area contributed by atoms with E-state index in [1.54, 1.807) is 0 Å². The van der Waals surface area contributed by atoms with Crippen molar-refractivity contribution >= 4 is 23.1 Å². The minimum Gasteiger partial charge on any atom is -1.00 e. The van der Waals surface area contributed by atoms with Gasteiger partial charge in [0, 0.05) is 11.6 Å². The molecule has 0 unspecified atom stereocenters. The number of hydrogen-bond acceptors (Lipinski definition) is 1. The largest absolute Gasteiger partial charge is 2.00 e. The van der Waals surface area contributed by atoms with Crippen molar-refractivity contribution in [3.63, 3.8) is 0 Å². The third-order valence-corrected chi connectivity index (χ3v) is 1.40. The Morgan fingerprint density at radius 1 is 1.33 bits per heavy atom. The van der Waals surface area contributed by atoms with Crippen LogP contribution in [0.1, 0.15) is 13.8 Å². The van der Waals surface area contributed by atoms with Crippen LogP contribution < -0.4 is 21.7 Å². The van der Waals surface area contributed by atoms with Gasteiger partial charge < -0.3 is 21.7 Å². The van der Waals surface area contributed by atoms with Crippen molar-refractivity contribution in [2.24, 2.45) is 5.92 Å². The zero-order chi connectivity index (χ0) is 9.84. The quantitative estimate of drug-likeness (QED) is 0.535. The number of rotatable bonds is 3. The van der Waals surface area contributed by atoms with Gasteiger partial charge in [-0.1, -0.05) is 19.9 Å². The molecule has 0 heterocycles. The van der Waals surface area contributed by atoms with E-state index in [-0.39, 0.29) is 45.8 Å². The summed E-state index contributed by atoms with van der Waals surface area (Å²) in [5.41, 5.74) is 0. The van der Waals surface area contributed by atoms with E-state index in [4.69, 9.17) is 4.74 Å². The molecule has 1 rings (SSSR count). The molecule has 0 saturated carbocycles. The molecule has 0 radical (unpaired) electrons. The van der Waals surface area contributed by atoms with Crippen molar-refractivity contribution in [3.05, 3.63) is 29.8 Å². The van der Waals surface area contributed by atoms with Gasteiger partial charge in [-0.25, -0.2) is 4.39 Å². The zero-order valence-corrected chi connectivity index (χ0v) is 11.7. The molecule has 0 N–H and O–H groups in total. The van der Waals surface area contributed by atoms with Crippen LogP contribution in [0.5, 0.6) is 5.75 Å². The molecule has 0 fully saturated rings. The van der Waals surface area contributed by atoms with Gasteiger partial charge in [0.1, 0.15) is 0 Å². The molecule has 5 heteroatoms. The summed E-state index contributed by atoms with van der Waals surface area (Å²) in [4.78, 5) is 0. The molecule has 0 bridgehead atoms. The first-order chi connectivity index (χ1) is 6.09. The van der Waals surface area contributed by atoms with Crippen LogP contribution in [0.2, 0.25) is 0 Å². The average Bonchev–Trinajstić information content (AvgIpc) is 2.07. The van der Waals surface area contributed by atoms with Gasteiger partial charge >= 0.3 is 23.1 Å². The fourth-order valence-electron chi connectivity index (χ4n) is 0.769. The summed E-state index contributed by atoms with van der Waals surface area (Å²) in [6, 6.07) is 4.43. The molecule has 1 aromatic rings. The van der Waals surface area contributed by atoms with Crippen molar-refractivity contribution < 1.29 is 30.5 Å². The predicted octanol–water partition coefficient (Wildman–Crippen LogP) is -0.577. The third kappa shape index (κ3) is 6.32. The van der Waals surface area contributed by atoms with Gasteiger partial charge in [-0.3, -0.25) is 4.39 Å². The van der Waals surface area contributed by atoms with Crippen LogP contribution in [-0.4, -0.2) is 29.7 Å². The van der Waals surface area contributed by atoms with E-state index < -0.39 is 11.6 Å². The Kier molecular flexibility index (Phi) is 9.69. The van der Waals surface area contributed by atoms with Gasteiger partial charge in [0.25, 0.3) is 0 Å². The summed E-state index contributed by atoms with van der Waals surface area (Å²) in [5, 5.41) is 0. The van der Waals surface area contributed by atoms with E-state index in [1.807, 2.05) is 13.8 Å². The normalized spacial score (nSPS) is 9.13. The van der Waals surface area contributed by atoms with Crippen LogP contribution in [0.15, 0.2) is 12.1 Å². The Balaban J connectivity index is 0. The van der Waals surface area contributed by atoms with E-state index in [1.165, 1.54) is 0 Å². The molecule has 0 aliphatic rings. The smallest absolute Gasteiger partial charge is 1.00 e. The van der Waals surface area contributed by atoms with Crippen molar-refractivity contribution in [1.29, 1.82) is 0 Å². The van der Waals surface area contributed by atoms with E-state index in [0.29, 0.717) is 12.5 Å². The maximum absolute atomic E-state index is 12.6. The van der Waals surface area contributed by atoms with E-state index in [9.17, 15) is 8.78 Å². The molecule has 0 atom stereocenters. The first-order valence-corrected chi connectivity index (χ1v) is 4.09. The van der Waals surface area contributed by atoms with Gasteiger partial charge in [0.15, 0.2) is 0 Å². The summed E-state index contributed by atoms with van der Waals surface area (Å²) >= 11 is 0. The van der Waals surface area contributed by atoms with Crippen LogP contribution in [0.3, 0.4) is 0 Å². The first kappa shape index (κ1) is 17.5. The van der Waals surface area contributed by atoms with Crippen LogP contribution >= 0.6 is 0 Å². The predicted molar refractivity (Wildman–Crippen MR) is 51.3 cm³/mol. The molecule has 0 aliphatic heterocycles. The van der Waals surface area contributed by atoms with Crippen LogP contribution in [0.25, 0.3) is 0 Å². The molecule has 0 aromatic heterocycles. The maximum atomic E-state index is 12.6. The maximum Gasteiger partial charge on any atom is 2.00 e. The molecule has 0 saturated heterocycles. The van der Waals surface area contributed by atoms with Crippen LogP contribution in [0, 0.1) is 23.6 Å². The van der Waals surface area contributed by atoms with Gasteiger partial charge in [-0.15, -0.1) is 12.1 Å². The van der Waals surface area contributed by atoms with Crippen molar-refractivity contribution in [3.8, 4) is 5.75 Å². The van der Waals surface area contributed by atoms with Gasteiger partial charge in [-0.05, 0) is 5.92 Å². The molecule has 0 aliphatic carbocycles. The van der Waals surface area contributed by atoms with Crippen molar-refractivity contribution in [2.45, 2.75) is 13.8 Å². The minimum atomic E-state index is -0.906. The Morgan fingerprint density at radius 2 is 1.93 bits per heavy atom. The van der Waals surface area contributed by atoms with Gasteiger partial charge in [-0.2, -0.15) is 0 Å². The summed E-state index contributed by atoms with van der Waals surface area (Å²) in [6.07, 6.45) is 0. The summed E-state index contributed by atoms with van der Waals surface area (Å²) in [5.74, 6) is -1.22. The van der Waals surface area contributed by atoms with E-state index >= 15 is 0 Å². The second-order valence-corrected chi connectivity index (χ2v) is 3.20. The Bertz CT molecular complexity index is 295. The molecule has 0 spiro atoms. The van der Waals surface area contributed by atoms with E-state index in [0.717, 1.165) is 12.1 Å². The first-order valence-electron chi connectivity index (χ1n) is 4.09. The monoisotopic (exact) mass is 288 g/mol. The van der Waals surface area contributed by atoms with Crippen LogP contribution in [0.4, 0.5) is 8.78 Å². The Morgan fingerprint density at radius 3 is 2.40 bits per heavy atom. The molecule has 1 aromatic carbocycles. The standard InChI is InChI=1S/C10H11F2O.BrH.Mg/c1-7(2)6-13-8-3-4-9(11)10(12)5-8;;/h4-5,7H,6H2,1-2H3;1H;/q-1;;+2/p-1. The minimum absolute atomic E-state index is 0. The second-order valence-electron chi connectivity index (χ2n) is 3.20. The summed E-state index contributed by atoms with van der Waals surface area (Å²) < 4.78 is 30.2. The number of benzene rings is 1.